The largest absolute Gasteiger partial charge is 0.364 e. The number of carbonyl (C=O) groups excluding carboxylic acids is 1. The summed E-state index contributed by atoms with van der Waals surface area (Å²) in [7, 11) is 0. The SMILES string of the molecule is CC(C)(C)c1ccccc1NC(=O)c1ccc(NCc2cccnc2)nn1. The van der Waals surface area contributed by atoms with Crippen LogP contribution in [0.4, 0.5) is 11.5 Å². The van der Waals surface area contributed by atoms with Crippen molar-refractivity contribution in [2.24, 2.45) is 0 Å². The van der Waals surface area contributed by atoms with Crippen LogP contribution in [0.15, 0.2) is 60.9 Å². The maximum Gasteiger partial charge on any atom is 0.276 e. The summed E-state index contributed by atoms with van der Waals surface area (Å²) in [6.45, 7) is 6.93. The molecule has 6 nitrogen and oxygen atoms in total. The van der Waals surface area contributed by atoms with Crippen molar-refractivity contribution in [3.05, 3.63) is 77.7 Å². The summed E-state index contributed by atoms with van der Waals surface area (Å²) in [5, 5.41) is 14.2. The zero-order chi connectivity index (χ0) is 19.3. The summed E-state index contributed by atoms with van der Waals surface area (Å²) in [6.07, 6.45) is 3.52. The first-order valence-electron chi connectivity index (χ1n) is 8.81. The van der Waals surface area contributed by atoms with Gasteiger partial charge in [0, 0.05) is 24.6 Å². The number of aromatic nitrogens is 3. The Bertz CT molecular complexity index is 902. The zero-order valence-corrected chi connectivity index (χ0v) is 15.7. The third kappa shape index (κ3) is 4.88. The Morgan fingerprint density at radius 1 is 1.00 bits per heavy atom. The summed E-state index contributed by atoms with van der Waals surface area (Å²) >= 11 is 0. The molecule has 0 aliphatic rings. The number of hydrogen-bond donors (Lipinski definition) is 2. The van der Waals surface area contributed by atoms with Crippen LogP contribution < -0.4 is 10.6 Å². The van der Waals surface area contributed by atoms with Crippen molar-refractivity contribution in [2.75, 3.05) is 10.6 Å². The van der Waals surface area contributed by atoms with Crippen LogP contribution in [0.25, 0.3) is 0 Å². The standard InChI is InChI=1S/C21H23N5O/c1-21(2,3)16-8-4-5-9-17(16)24-20(27)18-10-11-19(26-25-18)23-14-15-7-6-12-22-13-15/h4-13H,14H2,1-3H3,(H,23,26)(H,24,27). The Labute approximate surface area is 159 Å². The molecule has 0 atom stereocenters. The number of pyridine rings is 1. The van der Waals surface area contributed by atoms with Gasteiger partial charge in [0.2, 0.25) is 0 Å². The van der Waals surface area contributed by atoms with Crippen LogP contribution in [-0.2, 0) is 12.0 Å². The molecule has 0 radical (unpaired) electrons. The van der Waals surface area contributed by atoms with Crippen LogP contribution in [0, 0.1) is 0 Å². The van der Waals surface area contributed by atoms with E-state index in [-0.39, 0.29) is 17.0 Å². The number of amides is 1. The maximum atomic E-state index is 12.5. The number of para-hydroxylation sites is 1. The number of benzene rings is 1. The van der Waals surface area contributed by atoms with Crippen LogP contribution in [0.3, 0.4) is 0 Å². The lowest BCUT2D eigenvalue weighted by Crippen LogP contribution is -2.19. The number of rotatable bonds is 5. The molecule has 0 spiro atoms. The van der Waals surface area contributed by atoms with Gasteiger partial charge in [0.15, 0.2) is 5.69 Å². The average Bonchev–Trinajstić information content (AvgIpc) is 2.67. The van der Waals surface area contributed by atoms with Gasteiger partial charge in [-0.1, -0.05) is 45.0 Å². The molecule has 0 aliphatic carbocycles. The van der Waals surface area contributed by atoms with Gasteiger partial charge in [0.05, 0.1) is 0 Å². The molecule has 0 fully saturated rings. The lowest BCUT2D eigenvalue weighted by molar-refractivity contribution is 0.102. The molecule has 1 amide bonds. The van der Waals surface area contributed by atoms with E-state index in [2.05, 4.69) is 46.6 Å². The molecule has 3 aromatic rings. The van der Waals surface area contributed by atoms with E-state index >= 15 is 0 Å². The van der Waals surface area contributed by atoms with Crippen molar-refractivity contribution < 1.29 is 4.79 Å². The lowest BCUT2D eigenvalue weighted by Gasteiger charge is -2.22. The van der Waals surface area contributed by atoms with Gasteiger partial charge < -0.3 is 10.6 Å². The van der Waals surface area contributed by atoms with Gasteiger partial charge >= 0.3 is 0 Å². The van der Waals surface area contributed by atoms with Gasteiger partial charge in [0.25, 0.3) is 5.91 Å². The highest BCUT2D eigenvalue weighted by Gasteiger charge is 2.19. The second-order valence-electron chi connectivity index (χ2n) is 7.27. The van der Waals surface area contributed by atoms with E-state index in [1.807, 2.05) is 36.4 Å². The van der Waals surface area contributed by atoms with Crippen LogP contribution in [0.2, 0.25) is 0 Å². The van der Waals surface area contributed by atoms with E-state index in [4.69, 9.17) is 0 Å². The number of hydrogen-bond acceptors (Lipinski definition) is 5. The Morgan fingerprint density at radius 3 is 2.48 bits per heavy atom. The van der Waals surface area contributed by atoms with E-state index in [0.29, 0.717) is 12.4 Å². The third-order valence-electron chi connectivity index (χ3n) is 4.08. The molecular weight excluding hydrogens is 338 g/mol. The van der Waals surface area contributed by atoms with Gasteiger partial charge in [-0.25, -0.2) is 0 Å². The van der Waals surface area contributed by atoms with Crippen molar-refractivity contribution in [1.29, 1.82) is 0 Å². The fraction of sp³-hybridized carbons (Fsp3) is 0.238. The number of nitrogens with zero attached hydrogens (tertiary/aromatic N) is 3. The van der Waals surface area contributed by atoms with Gasteiger partial charge in [-0.15, -0.1) is 10.2 Å². The number of anilines is 2. The molecule has 27 heavy (non-hydrogen) atoms. The third-order valence-corrected chi connectivity index (χ3v) is 4.08. The minimum Gasteiger partial charge on any atom is -0.364 e. The van der Waals surface area contributed by atoms with Gasteiger partial charge in [0.1, 0.15) is 5.82 Å². The Hall–Kier alpha value is -3.28. The molecule has 0 unspecified atom stereocenters. The normalized spacial score (nSPS) is 11.1. The van der Waals surface area contributed by atoms with E-state index in [9.17, 15) is 4.79 Å². The molecule has 2 aromatic heterocycles. The zero-order valence-electron chi connectivity index (χ0n) is 15.7. The second-order valence-corrected chi connectivity index (χ2v) is 7.27. The molecular formula is C21H23N5O. The maximum absolute atomic E-state index is 12.5. The number of nitrogens with one attached hydrogen (secondary N) is 2. The highest BCUT2D eigenvalue weighted by Crippen LogP contribution is 2.29. The van der Waals surface area contributed by atoms with E-state index in [1.54, 1.807) is 24.5 Å². The lowest BCUT2D eigenvalue weighted by atomic mass is 9.86. The average molecular weight is 361 g/mol. The topological polar surface area (TPSA) is 79.8 Å². The smallest absolute Gasteiger partial charge is 0.276 e. The highest BCUT2D eigenvalue weighted by atomic mass is 16.1. The quantitative estimate of drug-likeness (QED) is 0.717. The van der Waals surface area contributed by atoms with E-state index in [0.717, 1.165) is 16.8 Å². The molecule has 6 heteroatoms. The second kappa shape index (κ2) is 7.95. The minimum absolute atomic E-state index is 0.0738. The summed E-state index contributed by atoms with van der Waals surface area (Å²) in [5.74, 6) is 0.323. The summed E-state index contributed by atoms with van der Waals surface area (Å²) in [5.41, 5.74) is 3.09. The van der Waals surface area contributed by atoms with Crippen molar-refractivity contribution >= 4 is 17.4 Å². The molecule has 2 N–H and O–H groups in total. The molecule has 0 bridgehead atoms. The van der Waals surface area contributed by atoms with Crippen LogP contribution >= 0.6 is 0 Å². The van der Waals surface area contributed by atoms with Crippen LogP contribution in [0.1, 0.15) is 42.4 Å². The van der Waals surface area contributed by atoms with Gasteiger partial charge in [-0.3, -0.25) is 9.78 Å². The van der Waals surface area contributed by atoms with E-state index < -0.39 is 0 Å². The fourth-order valence-electron chi connectivity index (χ4n) is 2.68. The van der Waals surface area contributed by atoms with E-state index in [1.165, 1.54) is 0 Å². The molecule has 2 heterocycles. The highest BCUT2D eigenvalue weighted by molar-refractivity contribution is 6.03. The van der Waals surface area contributed by atoms with Crippen molar-refractivity contribution in [3.8, 4) is 0 Å². The van der Waals surface area contributed by atoms with Crippen molar-refractivity contribution in [2.45, 2.75) is 32.7 Å². The van der Waals surface area contributed by atoms with Crippen LogP contribution in [-0.4, -0.2) is 21.1 Å². The Balaban J connectivity index is 1.66. The first-order chi connectivity index (χ1) is 12.9. The first kappa shape index (κ1) is 18.5. The van der Waals surface area contributed by atoms with Crippen LogP contribution in [0.5, 0.6) is 0 Å². The molecule has 138 valence electrons. The molecule has 1 aromatic carbocycles. The first-order valence-corrected chi connectivity index (χ1v) is 8.81. The van der Waals surface area contributed by atoms with Crippen molar-refractivity contribution in [1.82, 2.24) is 15.2 Å². The van der Waals surface area contributed by atoms with Gasteiger partial charge in [-0.05, 0) is 40.8 Å². The molecule has 0 aliphatic heterocycles. The Morgan fingerprint density at radius 2 is 1.81 bits per heavy atom. The predicted octanol–water partition coefficient (Wildman–Crippen LogP) is 4.03. The summed E-state index contributed by atoms with van der Waals surface area (Å²) in [4.78, 5) is 16.6. The molecule has 0 saturated carbocycles. The minimum atomic E-state index is -0.280. The Kier molecular flexibility index (Phi) is 5.45. The predicted molar refractivity (Wildman–Crippen MR) is 107 cm³/mol. The summed E-state index contributed by atoms with van der Waals surface area (Å²) < 4.78 is 0. The summed E-state index contributed by atoms with van der Waals surface area (Å²) in [6, 6.07) is 15.1. The monoisotopic (exact) mass is 361 g/mol. The number of carbonyl (C=O) groups is 1. The molecule has 3 rings (SSSR count). The van der Waals surface area contributed by atoms with Gasteiger partial charge in [-0.2, -0.15) is 0 Å². The molecule has 0 saturated heterocycles. The fourth-order valence-corrected chi connectivity index (χ4v) is 2.68. The van der Waals surface area contributed by atoms with Crippen molar-refractivity contribution in [3.63, 3.8) is 0 Å².